The number of amides is 1. The first-order valence-corrected chi connectivity index (χ1v) is 11.5. The Labute approximate surface area is 194 Å². The molecule has 0 bridgehead atoms. The first-order chi connectivity index (χ1) is 16.1. The SMILES string of the molecule is CCCCOc1ccc(-c2[nH]ncc2C(=O)N2CCN(c3ccc(C(C)=O)cc3)CC2)cc1. The monoisotopic (exact) mass is 446 g/mol. The number of H-pyrrole nitrogens is 1. The second-order valence-corrected chi connectivity index (χ2v) is 8.27. The van der Waals surface area contributed by atoms with Crippen molar-refractivity contribution in [3.8, 4) is 17.0 Å². The van der Waals surface area contributed by atoms with Gasteiger partial charge in [0.25, 0.3) is 5.91 Å². The Morgan fingerprint density at radius 1 is 1.00 bits per heavy atom. The number of carbonyl (C=O) groups is 2. The molecule has 0 unspecified atom stereocenters. The number of Topliss-reactive ketones (excluding diaryl/α,β-unsaturated/α-hetero) is 1. The molecule has 0 saturated carbocycles. The van der Waals surface area contributed by atoms with Gasteiger partial charge in [0.2, 0.25) is 0 Å². The minimum absolute atomic E-state index is 0.0198. The lowest BCUT2D eigenvalue weighted by Gasteiger charge is -2.36. The number of aromatic amines is 1. The van der Waals surface area contributed by atoms with Crippen LogP contribution in [0.5, 0.6) is 5.75 Å². The predicted octanol–water partition coefficient (Wildman–Crippen LogP) is 4.42. The molecule has 4 rings (SSSR count). The molecule has 1 amide bonds. The third kappa shape index (κ3) is 5.25. The fourth-order valence-corrected chi connectivity index (χ4v) is 3.97. The highest BCUT2D eigenvalue weighted by atomic mass is 16.5. The smallest absolute Gasteiger partial charge is 0.257 e. The van der Waals surface area contributed by atoms with Crippen LogP contribution in [0.4, 0.5) is 5.69 Å². The van der Waals surface area contributed by atoms with E-state index in [9.17, 15) is 9.59 Å². The molecule has 1 N–H and O–H groups in total. The number of aromatic nitrogens is 2. The van der Waals surface area contributed by atoms with Crippen molar-refractivity contribution < 1.29 is 14.3 Å². The number of unbranched alkanes of at least 4 members (excludes halogenated alkanes) is 1. The number of ketones is 1. The second kappa shape index (κ2) is 10.3. The van der Waals surface area contributed by atoms with Crippen LogP contribution in [0.15, 0.2) is 54.7 Å². The summed E-state index contributed by atoms with van der Waals surface area (Å²) in [5.74, 6) is 0.868. The summed E-state index contributed by atoms with van der Waals surface area (Å²) >= 11 is 0. The van der Waals surface area contributed by atoms with Crippen molar-refractivity contribution in [2.45, 2.75) is 26.7 Å². The predicted molar refractivity (Wildman–Crippen MR) is 129 cm³/mol. The number of anilines is 1. The highest BCUT2D eigenvalue weighted by Gasteiger charge is 2.25. The number of benzene rings is 2. The molecule has 0 spiro atoms. The molecule has 3 aromatic rings. The van der Waals surface area contributed by atoms with Crippen molar-refractivity contribution in [1.29, 1.82) is 0 Å². The van der Waals surface area contributed by atoms with Gasteiger partial charge >= 0.3 is 0 Å². The molecular formula is C26H30N4O3. The number of rotatable bonds is 8. The number of carbonyl (C=O) groups excluding carboxylic acids is 2. The molecule has 1 fully saturated rings. The maximum atomic E-state index is 13.2. The molecule has 7 heteroatoms. The minimum Gasteiger partial charge on any atom is -0.494 e. The van der Waals surface area contributed by atoms with Crippen LogP contribution < -0.4 is 9.64 Å². The average molecular weight is 447 g/mol. The normalized spacial score (nSPS) is 13.8. The lowest BCUT2D eigenvalue weighted by molar-refractivity contribution is 0.0747. The zero-order chi connectivity index (χ0) is 23.2. The third-order valence-corrected chi connectivity index (χ3v) is 5.99. The van der Waals surface area contributed by atoms with E-state index in [-0.39, 0.29) is 11.7 Å². The summed E-state index contributed by atoms with van der Waals surface area (Å²) in [4.78, 5) is 28.8. The highest BCUT2D eigenvalue weighted by Crippen LogP contribution is 2.26. The van der Waals surface area contributed by atoms with Gasteiger partial charge in [0.05, 0.1) is 24.1 Å². The molecule has 33 heavy (non-hydrogen) atoms. The molecule has 2 heterocycles. The van der Waals surface area contributed by atoms with E-state index in [2.05, 4.69) is 22.0 Å². The van der Waals surface area contributed by atoms with Gasteiger partial charge in [0.15, 0.2) is 5.78 Å². The number of hydrogen-bond acceptors (Lipinski definition) is 5. The van der Waals surface area contributed by atoms with Crippen molar-refractivity contribution in [2.24, 2.45) is 0 Å². The Morgan fingerprint density at radius 3 is 2.33 bits per heavy atom. The molecule has 1 aliphatic rings. The Morgan fingerprint density at radius 2 is 1.70 bits per heavy atom. The summed E-state index contributed by atoms with van der Waals surface area (Å²) in [5, 5.41) is 7.13. The topological polar surface area (TPSA) is 78.5 Å². The minimum atomic E-state index is -0.0198. The maximum Gasteiger partial charge on any atom is 0.257 e. The van der Waals surface area contributed by atoms with Crippen LogP contribution in [0.25, 0.3) is 11.3 Å². The van der Waals surface area contributed by atoms with Crippen LogP contribution in [-0.2, 0) is 0 Å². The van der Waals surface area contributed by atoms with Crippen LogP contribution in [-0.4, -0.2) is 59.6 Å². The molecule has 2 aromatic carbocycles. The first kappa shape index (κ1) is 22.6. The van der Waals surface area contributed by atoms with Crippen molar-refractivity contribution in [2.75, 3.05) is 37.7 Å². The summed E-state index contributed by atoms with van der Waals surface area (Å²) in [6.45, 7) is 7.14. The van der Waals surface area contributed by atoms with Crippen LogP contribution in [0.3, 0.4) is 0 Å². The number of nitrogens with zero attached hydrogens (tertiary/aromatic N) is 3. The van der Waals surface area contributed by atoms with Crippen molar-refractivity contribution >= 4 is 17.4 Å². The highest BCUT2D eigenvalue weighted by molar-refractivity contribution is 6.00. The van der Waals surface area contributed by atoms with E-state index < -0.39 is 0 Å². The van der Waals surface area contributed by atoms with Gasteiger partial charge in [-0.1, -0.05) is 13.3 Å². The zero-order valence-electron chi connectivity index (χ0n) is 19.2. The van der Waals surface area contributed by atoms with E-state index in [1.165, 1.54) is 0 Å². The van der Waals surface area contributed by atoms with Crippen molar-refractivity contribution in [3.05, 3.63) is 65.9 Å². The van der Waals surface area contributed by atoms with Crippen LogP contribution in [0.2, 0.25) is 0 Å². The summed E-state index contributed by atoms with van der Waals surface area (Å²) in [5.41, 5.74) is 3.98. The van der Waals surface area contributed by atoms with Crippen LogP contribution in [0, 0.1) is 0 Å². The average Bonchev–Trinajstić information content (AvgIpc) is 3.34. The quantitative estimate of drug-likeness (QED) is 0.409. The van der Waals surface area contributed by atoms with Gasteiger partial charge in [-0.25, -0.2) is 0 Å². The van der Waals surface area contributed by atoms with Gasteiger partial charge in [-0.3, -0.25) is 14.7 Å². The molecule has 7 nitrogen and oxygen atoms in total. The second-order valence-electron chi connectivity index (χ2n) is 8.27. The van der Waals surface area contributed by atoms with E-state index in [4.69, 9.17) is 4.74 Å². The van der Waals surface area contributed by atoms with Crippen LogP contribution in [0.1, 0.15) is 47.4 Å². The van der Waals surface area contributed by atoms with Gasteiger partial charge < -0.3 is 14.5 Å². The van der Waals surface area contributed by atoms with Crippen molar-refractivity contribution in [1.82, 2.24) is 15.1 Å². The molecule has 1 aliphatic heterocycles. The van der Waals surface area contributed by atoms with E-state index in [0.717, 1.165) is 48.6 Å². The Bertz CT molecular complexity index is 1080. The van der Waals surface area contributed by atoms with E-state index in [1.54, 1.807) is 13.1 Å². The van der Waals surface area contributed by atoms with Crippen LogP contribution >= 0.6 is 0 Å². The van der Waals surface area contributed by atoms with Gasteiger partial charge in [-0.2, -0.15) is 5.10 Å². The Hall–Kier alpha value is -3.61. The van der Waals surface area contributed by atoms with Gasteiger partial charge in [-0.05, 0) is 61.9 Å². The summed E-state index contributed by atoms with van der Waals surface area (Å²) in [6.07, 6.45) is 3.73. The molecule has 0 aliphatic carbocycles. The standard InChI is InChI=1S/C26H30N4O3/c1-3-4-17-33-23-11-7-21(8-12-23)25-24(18-27-28-25)26(32)30-15-13-29(14-16-30)22-9-5-20(6-10-22)19(2)31/h5-12,18H,3-4,13-17H2,1-2H3,(H,27,28). The third-order valence-electron chi connectivity index (χ3n) is 5.99. The maximum absolute atomic E-state index is 13.2. The molecule has 1 aromatic heterocycles. The summed E-state index contributed by atoms with van der Waals surface area (Å²) in [7, 11) is 0. The zero-order valence-corrected chi connectivity index (χ0v) is 19.2. The fourth-order valence-electron chi connectivity index (χ4n) is 3.97. The summed E-state index contributed by atoms with van der Waals surface area (Å²) < 4.78 is 5.73. The summed E-state index contributed by atoms with van der Waals surface area (Å²) in [6, 6.07) is 15.4. The lowest BCUT2D eigenvalue weighted by atomic mass is 10.1. The molecule has 172 valence electrons. The van der Waals surface area contributed by atoms with E-state index in [1.807, 2.05) is 53.4 Å². The number of piperazine rings is 1. The number of ether oxygens (including phenoxy) is 1. The lowest BCUT2D eigenvalue weighted by Crippen LogP contribution is -2.48. The Kier molecular flexibility index (Phi) is 7.07. The fraction of sp³-hybridized carbons (Fsp3) is 0.346. The van der Waals surface area contributed by atoms with Crippen molar-refractivity contribution in [3.63, 3.8) is 0 Å². The van der Waals surface area contributed by atoms with Gasteiger partial charge in [-0.15, -0.1) is 0 Å². The largest absolute Gasteiger partial charge is 0.494 e. The van der Waals surface area contributed by atoms with E-state index >= 15 is 0 Å². The molecular weight excluding hydrogens is 416 g/mol. The Balaban J connectivity index is 1.39. The molecule has 1 saturated heterocycles. The van der Waals surface area contributed by atoms with E-state index in [0.29, 0.717) is 30.8 Å². The van der Waals surface area contributed by atoms with Gasteiger partial charge in [0, 0.05) is 43.0 Å². The first-order valence-electron chi connectivity index (χ1n) is 11.5. The number of nitrogens with one attached hydrogen (secondary N) is 1. The van der Waals surface area contributed by atoms with Gasteiger partial charge in [0.1, 0.15) is 5.75 Å². The molecule has 0 radical (unpaired) electrons. The molecule has 0 atom stereocenters. The number of hydrogen-bond donors (Lipinski definition) is 1.